The number of hydrogen-bond acceptors (Lipinski definition) is 3. The third-order valence-electron chi connectivity index (χ3n) is 6.18. The number of amides is 1. The van der Waals surface area contributed by atoms with E-state index in [0.29, 0.717) is 0 Å². The van der Waals surface area contributed by atoms with Crippen molar-refractivity contribution in [3.05, 3.63) is 0 Å². The fourth-order valence-corrected chi connectivity index (χ4v) is 4.52. The Labute approximate surface area is 136 Å². The molecule has 0 saturated heterocycles. The van der Waals surface area contributed by atoms with E-state index in [1.165, 1.54) is 25.7 Å². The topological polar surface area (TPSA) is 58.4 Å². The molecule has 4 nitrogen and oxygen atoms in total. The minimum absolute atomic E-state index is 0.0264. The van der Waals surface area contributed by atoms with Gasteiger partial charge in [-0.05, 0) is 52.6 Å². The summed E-state index contributed by atoms with van der Waals surface area (Å²) in [6, 6.07) is 0. The summed E-state index contributed by atoms with van der Waals surface area (Å²) in [6.45, 7) is 5.13. The molecule has 0 aromatic carbocycles. The number of carbonyl (C=O) groups excluding carboxylic acids is 1. The molecule has 2 rings (SSSR count). The van der Waals surface area contributed by atoms with Gasteiger partial charge in [-0.1, -0.05) is 32.6 Å². The Kier molecular flexibility index (Phi) is 5.54. The fraction of sp³-hybridized carbons (Fsp3) is 0.944. The molecule has 0 radical (unpaired) electrons. The van der Waals surface area contributed by atoms with E-state index in [1.807, 2.05) is 6.92 Å². The predicted molar refractivity (Wildman–Crippen MR) is 91.6 cm³/mol. The molecule has 0 aliphatic heterocycles. The Morgan fingerprint density at radius 2 is 1.95 bits per heavy atom. The van der Waals surface area contributed by atoms with Gasteiger partial charge in [0.25, 0.3) is 0 Å². The summed E-state index contributed by atoms with van der Waals surface area (Å²) in [5.41, 5.74) is 6.15. The summed E-state index contributed by atoms with van der Waals surface area (Å²) in [7, 11) is 4.30. The predicted octanol–water partition coefficient (Wildman–Crippen LogP) is 2.52. The number of nitrogens with one attached hydrogen (secondary N) is 1. The fourth-order valence-electron chi connectivity index (χ4n) is 4.52. The molecule has 0 bridgehead atoms. The van der Waals surface area contributed by atoms with Crippen molar-refractivity contribution in [3.63, 3.8) is 0 Å². The maximum absolute atomic E-state index is 12.7. The molecule has 2 fully saturated rings. The van der Waals surface area contributed by atoms with Crippen LogP contribution in [0, 0.1) is 11.8 Å². The lowest BCUT2D eigenvalue weighted by Gasteiger charge is -2.46. The van der Waals surface area contributed by atoms with Gasteiger partial charge >= 0.3 is 0 Å². The van der Waals surface area contributed by atoms with Crippen molar-refractivity contribution in [3.8, 4) is 0 Å². The van der Waals surface area contributed by atoms with Gasteiger partial charge in [-0.25, -0.2) is 0 Å². The highest BCUT2D eigenvalue weighted by atomic mass is 16.2. The number of nitrogens with zero attached hydrogens (tertiary/aromatic N) is 1. The van der Waals surface area contributed by atoms with Crippen LogP contribution < -0.4 is 11.1 Å². The lowest BCUT2D eigenvalue weighted by atomic mass is 9.73. The molecular formula is C18H35N3O. The van der Waals surface area contributed by atoms with Gasteiger partial charge in [0.2, 0.25) is 5.91 Å². The quantitative estimate of drug-likeness (QED) is 0.839. The first kappa shape index (κ1) is 17.7. The molecule has 3 N–H and O–H groups in total. The first-order valence-electron chi connectivity index (χ1n) is 9.01. The Balaban J connectivity index is 1.98. The van der Waals surface area contributed by atoms with Gasteiger partial charge in [-0.2, -0.15) is 0 Å². The van der Waals surface area contributed by atoms with E-state index in [2.05, 4.69) is 31.2 Å². The summed E-state index contributed by atoms with van der Waals surface area (Å²) >= 11 is 0. The zero-order valence-electron chi connectivity index (χ0n) is 15.0. The van der Waals surface area contributed by atoms with E-state index < -0.39 is 0 Å². The molecule has 4 atom stereocenters. The summed E-state index contributed by atoms with van der Waals surface area (Å²) in [4.78, 5) is 15.0. The minimum atomic E-state index is -0.340. The first-order valence-corrected chi connectivity index (χ1v) is 9.01. The third-order valence-corrected chi connectivity index (χ3v) is 6.18. The molecule has 1 amide bonds. The summed E-state index contributed by atoms with van der Waals surface area (Å²) < 4.78 is 0. The molecule has 0 spiro atoms. The van der Waals surface area contributed by atoms with Crippen molar-refractivity contribution in [2.24, 2.45) is 17.6 Å². The van der Waals surface area contributed by atoms with Crippen LogP contribution in [0.2, 0.25) is 0 Å². The monoisotopic (exact) mass is 309 g/mol. The van der Waals surface area contributed by atoms with Gasteiger partial charge in [0, 0.05) is 17.6 Å². The van der Waals surface area contributed by atoms with Crippen molar-refractivity contribution in [2.45, 2.75) is 76.3 Å². The van der Waals surface area contributed by atoms with E-state index in [-0.39, 0.29) is 22.9 Å². The zero-order chi connectivity index (χ0) is 16.4. The van der Waals surface area contributed by atoms with E-state index in [4.69, 9.17) is 5.73 Å². The van der Waals surface area contributed by atoms with Crippen molar-refractivity contribution >= 4 is 5.91 Å². The smallest absolute Gasteiger partial charge is 0.225 e. The summed E-state index contributed by atoms with van der Waals surface area (Å²) in [5.74, 6) is 0.883. The zero-order valence-corrected chi connectivity index (χ0v) is 15.0. The molecule has 0 aromatic heterocycles. The maximum Gasteiger partial charge on any atom is 0.225 e. The van der Waals surface area contributed by atoms with Gasteiger partial charge in [-0.3, -0.25) is 4.79 Å². The molecule has 2 saturated carbocycles. The van der Waals surface area contributed by atoms with Crippen molar-refractivity contribution in [1.82, 2.24) is 10.2 Å². The normalized spacial score (nSPS) is 39.7. The molecular weight excluding hydrogens is 274 g/mol. The van der Waals surface area contributed by atoms with Crippen LogP contribution in [0.15, 0.2) is 0 Å². The highest BCUT2D eigenvalue weighted by Crippen LogP contribution is 2.36. The van der Waals surface area contributed by atoms with Crippen LogP contribution in [0.25, 0.3) is 0 Å². The van der Waals surface area contributed by atoms with Gasteiger partial charge in [0.1, 0.15) is 0 Å². The number of rotatable bonds is 4. The maximum atomic E-state index is 12.7. The second kappa shape index (κ2) is 6.88. The van der Waals surface area contributed by atoms with Crippen LogP contribution in [0.3, 0.4) is 0 Å². The highest BCUT2D eigenvalue weighted by molar-refractivity contribution is 5.80. The van der Waals surface area contributed by atoms with Crippen LogP contribution in [-0.2, 0) is 4.79 Å². The van der Waals surface area contributed by atoms with Gasteiger partial charge in [-0.15, -0.1) is 0 Å². The minimum Gasteiger partial charge on any atom is -0.354 e. The van der Waals surface area contributed by atoms with Crippen LogP contribution in [0.5, 0.6) is 0 Å². The van der Waals surface area contributed by atoms with E-state index in [9.17, 15) is 4.79 Å². The first-order chi connectivity index (χ1) is 10.3. The van der Waals surface area contributed by atoms with Gasteiger partial charge in [0.05, 0.1) is 5.92 Å². The lowest BCUT2D eigenvalue weighted by molar-refractivity contribution is -0.129. The Hall–Kier alpha value is -0.610. The lowest BCUT2D eigenvalue weighted by Crippen LogP contribution is -2.58. The van der Waals surface area contributed by atoms with Crippen molar-refractivity contribution in [2.75, 3.05) is 20.6 Å². The average molecular weight is 309 g/mol. The molecule has 0 heterocycles. The van der Waals surface area contributed by atoms with E-state index in [1.54, 1.807) is 0 Å². The standard InChI is InChI=1S/C18H35N3O/c1-14-8-7-11-18(12-14,21(3)4)13-20-16(22)15-9-5-6-10-17(15,2)19/h14-15H,5-13,19H2,1-4H3,(H,20,22). The largest absolute Gasteiger partial charge is 0.354 e. The molecule has 128 valence electrons. The molecule has 4 unspecified atom stereocenters. The molecule has 0 aromatic rings. The molecule has 2 aliphatic rings. The molecule has 4 heteroatoms. The Morgan fingerprint density at radius 3 is 2.55 bits per heavy atom. The van der Waals surface area contributed by atoms with Crippen LogP contribution >= 0.6 is 0 Å². The SMILES string of the molecule is CC1CCCC(CNC(=O)C2CCCCC2(C)N)(N(C)C)C1. The Bertz CT molecular complexity index is 394. The highest BCUT2D eigenvalue weighted by Gasteiger charge is 2.40. The number of hydrogen-bond donors (Lipinski definition) is 2. The van der Waals surface area contributed by atoms with Crippen LogP contribution in [0.1, 0.15) is 65.2 Å². The van der Waals surface area contributed by atoms with Crippen molar-refractivity contribution in [1.29, 1.82) is 0 Å². The van der Waals surface area contributed by atoms with E-state index >= 15 is 0 Å². The average Bonchev–Trinajstić information content (AvgIpc) is 2.44. The molecule has 22 heavy (non-hydrogen) atoms. The van der Waals surface area contributed by atoms with Gasteiger partial charge in [0.15, 0.2) is 0 Å². The van der Waals surface area contributed by atoms with E-state index in [0.717, 1.165) is 38.1 Å². The third kappa shape index (κ3) is 3.83. The second-order valence-electron chi connectivity index (χ2n) is 8.34. The Morgan fingerprint density at radius 1 is 1.23 bits per heavy atom. The van der Waals surface area contributed by atoms with Crippen molar-refractivity contribution < 1.29 is 4.79 Å². The number of nitrogens with two attached hydrogens (primary N) is 1. The second-order valence-corrected chi connectivity index (χ2v) is 8.34. The summed E-state index contributed by atoms with van der Waals surface area (Å²) in [5, 5.41) is 3.26. The van der Waals surface area contributed by atoms with Gasteiger partial charge < -0.3 is 16.0 Å². The number of carbonyl (C=O) groups is 1. The number of likely N-dealkylation sites (N-methyl/N-ethyl adjacent to an activating group) is 1. The van der Waals surface area contributed by atoms with Crippen LogP contribution in [0.4, 0.5) is 0 Å². The van der Waals surface area contributed by atoms with Crippen LogP contribution in [-0.4, -0.2) is 42.5 Å². The summed E-state index contributed by atoms with van der Waals surface area (Å²) in [6.07, 6.45) is 9.09. The molecule has 2 aliphatic carbocycles.